The van der Waals surface area contributed by atoms with Crippen LogP contribution in [0.4, 0.5) is 0 Å². The van der Waals surface area contributed by atoms with Crippen molar-refractivity contribution in [3.8, 4) is 0 Å². The van der Waals surface area contributed by atoms with Gasteiger partial charge in [0.15, 0.2) is 0 Å². The topological polar surface area (TPSA) is 80.4 Å². The molecule has 0 saturated carbocycles. The summed E-state index contributed by atoms with van der Waals surface area (Å²) in [7, 11) is 0. The van der Waals surface area contributed by atoms with Gasteiger partial charge in [0.1, 0.15) is 0 Å². The van der Waals surface area contributed by atoms with Crippen molar-refractivity contribution in [2.24, 2.45) is 17.6 Å². The highest BCUT2D eigenvalue weighted by atomic mass is 16.4. The molecule has 1 amide bonds. The molecule has 0 aliphatic rings. The maximum Gasteiger partial charge on any atom is 0.303 e. The average molecular weight is 173 g/mol. The number of hydrogen-bond acceptors (Lipinski definition) is 2. The summed E-state index contributed by atoms with van der Waals surface area (Å²) >= 11 is 0. The van der Waals surface area contributed by atoms with Crippen molar-refractivity contribution in [2.45, 2.75) is 26.7 Å². The van der Waals surface area contributed by atoms with Gasteiger partial charge in [0.2, 0.25) is 5.91 Å². The number of carbonyl (C=O) groups is 2. The van der Waals surface area contributed by atoms with E-state index in [0.717, 1.165) is 0 Å². The first-order chi connectivity index (χ1) is 5.45. The molecule has 0 bridgehead atoms. The predicted octanol–water partition coefficient (Wildman–Crippen LogP) is 0.609. The molecule has 70 valence electrons. The van der Waals surface area contributed by atoms with E-state index in [9.17, 15) is 9.59 Å². The Balaban J connectivity index is 3.97. The quantitative estimate of drug-likeness (QED) is 0.639. The van der Waals surface area contributed by atoms with Gasteiger partial charge in [0.05, 0.1) is 0 Å². The normalized spacial score (nSPS) is 12.9. The third-order valence-electron chi connectivity index (χ3n) is 1.84. The molecule has 12 heavy (non-hydrogen) atoms. The summed E-state index contributed by atoms with van der Waals surface area (Å²) in [6, 6.07) is 0. The highest BCUT2D eigenvalue weighted by molar-refractivity contribution is 5.77. The molecule has 0 rings (SSSR count). The number of nitrogens with two attached hydrogens (primary N) is 1. The fourth-order valence-electron chi connectivity index (χ4n) is 1.08. The van der Waals surface area contributed by atoms with Crippen molar-refractivity contribution in [3.05, 3.63) is 0 Å². The molecule has 0 aliphatic heterocycles. The van der Waals surface area contributed by atoms with Crippen LogP contribution in [0.1, 0.15) is 26.7 Å². The third-order valence-corrected chi connectivity index (χ3v) is 1.84. The first-order valence-electron chi connectivity index (χ1n) is 3.96. The minimum Gasteiger partial charge on any atom is -0.481 e. The third kappa shape index (κ3) is 3.95. The molecule has 0 fully saturated rings. The van der Waals surface area contributed by atoms with E-state index in [0.29, 0.717) is 6.42 Å². The molecular formula is C8H15NO3. The molecule has 0 heterocycles. The van der Waals surface area contributed by atoms with Gasteiger partial charge in [-0.1, -0.05) is 13.8 Å². The summed E-state index contributed by atoms with van der Waals surface area (Å²) in [6.45, 7) is 3.72. The van der Waals surface area contributed by atoms with Crippen molar-refractivity contribution >= 4 is 11.9 Å². The number of carbonyl (C=O) groups excluding carboxylic acids is 1. The molecule has 4 heteroatoms. The van der Waals surface area contributed by atoms with Crippen LogP contribution in [-0.2, 0) is 9.59 Å². The Hall–Kier alpha value is -1.06. The maximum atomic E-state index is 10.8. The van der Waals surface area contributed by atoms with Gasteiger partial charge in [-0.2, -0.15) is 0 Å². The summed E-state index contributed by atoms with van der Waals surface area (Å²) in [6.07, 6.45) is 0.341. The molecular weight excluding hydrogens is 158 g/mol. The summed E-state index contributed by atoms with van der Waals surface area (Å²) in [5, 5.41) is 8.37. The van der Waals surface area contributed by atoms with E-state index in [-0.39, 0.29) is 18.3 Å². The van der Waals surface area contributed by atoms with Crippen molar-refractivity contribution < 1.29 is 14.7 Å². The average Bonchev–Trinajstić information content (AvgIpc) is 1.84. The second-order valence-corrected chi connectivity index (χ2v) is 3.19. The fraction of sp³-hybridized carbons (Fsp3) is 0.750. The Labute approximate surface area is 71.8 Å². The van der Waals surface area contributed by atoms with Gasteiger partial charge in [-0.15, -0.1) is 0 Å². The van der Waals surface area contributed by atoms with Gasteiger partial charge >= 0.3 is 5.97 Å². The van der Waals surface area contributed by atoms with Crippen LogP contribution in [0.25, 0.3) is 0 Å². The zero-order valence-corrected chi connectivity index (χ0v) is 7.41. The summed E-state index contributed by atoms with van der Waals surface area (Å²) in [4.78, 5) is 21.0. The molecule has 0 radical (unpaired) electrons. The molecule has 0 aromatic carbocycles. The number of aliphatic carboxylic acids is 1. The largest absolute Gasteiger partial charge is 0.481 e. The first kappa shape index (κ1) is 10.9. The molecule has 1 atom stereocenters. The summed E-state index contributed by atoms with van der Waals surface area (Å²) < 4.78 is 0. The van der Waals surface area contributed by atoms with Crippen LogP contribution in [0, 0.1) is 11.8 Å². The lowest BCUT2D eigenvalue weighted by molar-refractivity contribution is -0.137. The molecule has 0 aromatic heterocycles. The van der Waals surface area contributed by atoms with Crippen LogP contribution >= 0.6 is 0 Å². The van der Waals surface area contributed by atoms with E-state index in [2.05, 4.69) is 0 Å². The minimum atomic E-state index is -0.887. The van der Waals surface area contributed by atoms with Crippen LogP contribution in [0.2, 0.25) is 0 Å². The molecule has 0 spiro atoms. The van der Waals surface area contributed by atoms with Crippen molar-refractivity contribution in [2.75, 3.05) is 0 Å². The second-order valence-electron chi connectivity index (χ2n) is 3.19. The Kier molecular flexibility index (Phi) is 4.33. The van der Waals surface area contributed by atoms with E-state index in [1.54, 1.807) is 0 Å². The zero-order valence-electron chi connectivity index (χ0n) is 7.41. The second kappa shape index (κ2) is 4.74. The number of carboxylic acids is 1. The molecule has 3 N–H and O–H groups in total. The van der Waals surface area contributed by atoms with Crippen LogP contribution in [0.15, 0.2) is 0 Å². The minimum absolute atomic E-state index is 0.00574. The number of carboxylic acid groups (broad SMARTS) is 1. The van der Waals surface area contributed by atoms with Crippen LogP contribution in [-0.4, -0.2) is 17.0 Å². The van der Waals surface area contributed by atoms with Crippen LogP contribution < -0.4 is 5.73 Å². The number of hydrogen-bond donors (Lipinski definition) is 2. The molecule has 0 saturated heterocycles. The van der Waals surface area contributed by atoms with Gasteiger partial charge in [-0.3, -0.25) is 9.59 Å². The van der Waals surface area contributed by atoms with Crippen molar-refractivity contribution in [1.29, 1.82) is 0 Å². The molecule has 0 aliphatic carbocycles. The monoisotopic (exact) mass is 173 g/mol. The number of amides is 1. The van der Waals surface area contributed by atoms with Gasteiger partial charge < -0.3 is 10.8 Å². The zero-order chi connectivity index (χ0) is 9.72. The van der Waals surface area contributed by atoms with E-state index in [4.69, 9.17) is 10.8 Å². The lowest BCUT2D eigenvalue weighted by atomic mass is 9.91. The number of rotatable bonds is 5. The van der Waals surface area contributed by atoms with Crippen molar-refractivity contribution in [1.82, 2.24) is 0 Å². The summed E-state index contributed by atoms with van der Waals surface area (Å²) in [5.41, 5.74) is 5.09. The molecule has 0 unspecified atom stereocenters. The Bertz CT molecular complexity index is 177. The predicted molar refractivity (Wildman–Crippen MR) is 44.4 cm³/mol. The lowest BCUT2D eigenvalue weighted by Gasteiger charge is -2.15. The van der Waals surface area contributed by atoms with E-state index in [1.165, 1.54) is 0 Å². The van der Waals surface area contributed by atoms with Gasteiger partial charge in [-0.25, -0.2) is 0 Å². The smallest absolute Gasteiger partial charge is 0.303 e. The number of primary amides is 1. The van der Waals surface area contributed by atoms with E-state index in [1.807, 2.05) is 13.8 Å². The standard InChI is InChI=1S/C8H15NO3/c1-5(2)6(8(9)12)3-4-7(10)11/h5-6H,3-4H2,1-2H3,(H2,9,12)(H,10,11)/t6-/m0/s1. The first-order valence-corrected chi connectivity index (χ1v) is 3.96. The SMILES string of the molecule is CC(C)[C@H](CCC(=O)O)C(N)=O. The summed E-state index contributed by atoms with van der Waals surface area (Å²) in [5.74, 6) is -1.50. The maximum absolute atomic E-state index is 10.8. The van der Waals surface area contributed by atoms with Crippen LogP contribution in [0.3, 0.4) is 0 Å². The lowest BCUT2D eigenvalue weighted by Crippen LogP contribution is -2.28. The highest BCUT2D eigenvalue weighted by Gasteiger charge is 2.19. The molecule has 4 nitrogen and oxygen atoms in total. The fourth-order valence-corrected chi connectivity index (χ4v) is 1.08. The van der Waals surface area contributed by atoms with Gasteiger partial charge in [-0.05, 0) is 12.3 Å². The Morgan fingerprint density at radius 2 is 1.92 bits per heavy atom. The van der Waals surface area contributed by atoms with Gasteiger partial charge in [0, 0.05) is 12.3 Å². The highest BCUT2D eigenvalue weighted by Crippen LogP contribution is 2.16. The van der Waals surface area contributed by atoms with Crippen molar-refractivity contribution in [3.63, 3.8) is 0 Å². The van der Waals surface area contributed by atoms with Gasteiger partial charge in [0.25, 0.3) is 0 Å². The Morgan fingerprint density at radius 3 is 2.17 bits per heavy atom. The molecule has 0 aromatic rings. The van der Waals surface area contributed by atoms with E-state index >= 15 is 0 Å². The van der Waals surface area contributed by atoms with Crippen LogP contribution in [0.5, 0.6) is 0 Å². The van der Waals surface area contributed by atoms with E-state index < -0.39 is 11.9 Å². The Morgan fingerprint density at radius 1 is 1.42 bits per heavy atom.